The van der Waals surface area contributed by atoms with Crippen LogP contribution in [0.2, 0.25) is 25.7 Å². The van der Waals surface area contributed by atoms with E-state index in [0.29, 0.717) is 12.6 Å². The number of imidazole rings is 1. The van der Waals surface area contributed by atoms with Gasteiger partial charge in [-0.3, -0.25) is 0 Å². The maximum absolute atomic E-state index is 5.76. The quantitative estimate of drug-likeness (QED) is 0.446. The molecule has 92 valence electrons. The Balaban J connectivity index is 2.35. The molecule has 0 saturated carbocycles. The normalized spacial score (nSPS) is 12.1. The number of aromatic nitrogens is 2. The van der Waals surface area contributed by atoms with Crippen LogP contribution in [0, 0.1) is 6.92 Å². The number of rotatable bonds is 6. The molecule has 0 aliphatic carbocycles. The molecule has 0 radical (unpaired) electrons. The Morgan fingerprint density at radius 1 is 1.44 bits per heavy atom. The van der Waals surface area contributed by atoms with Gasteiger partial charge < -0.3 is 9.30 Å². The van der Waals surface area contributed by atoms with Crippen molar-refractivity contribution in [3.05, 3.63) is 17.7 Å². The zero-order valence-electron chi connectivity index (χ0n) is 10.6. The third kappa shape index (κ3) is 4.27. The fourth-order valence-corrected chi connectivity index (χ4v) is 2.31. The van der Waals surface area contributed by atoms with Crippen LogP contribution in [0.5, 0.6) is 0 Å². The van der Waals surface area contributed by atoms with Gasteiger partial charge in [-0.15, -0.1) is 11.6 Å². The van der Waals surface area contributed by atoms with Gasteiger partial charge in [-0.1, -0.05) is 19.6 Å². The van der Waals surface area contributed by atoms with Crippen LogP contribution in [-0.4, -0.2) is 24.2 Å². The number of alkyl halides is 1. The Kier molecular flexibility index (Phi) is 5.02. The summed E-state index contributed by atoms with van der Waals surface area (Å²) < 4.78 is 7.65. The second kappa shape index (κ2) is 5.84. The van der Waals surface area contributed by atoms with Gasteiger partial charge >= 0.3 is 0 Å². The van der Waals surface area contributed by atoms with Crippen LogP contribution in [0.4, 0.5) is 0 Å². The predicted octanol–water partition coefficient (Wildman–Crippen LogP) is 3.24. The lowest BCUT2D eigenvalue weighted by atomic mass is 10.4. The first-order valence-corrected chi connectivity index (χ1v) is 9.82. The molecule has 1 aromatic heterocycles. The van der Waals surface area contributed by atoms with E-state index in [1.54, 1.807) is 6.33 Å². The first kappa shape index (κ1) is 13.7. The van der Waals surface area contributed by atoms with Crippen molar-refractivity contribution in [1.82, 2.24) is 9.55 Å². The third-order valence-corrected chi connectivity index (χ3v) is 4.51. The molecule has 0 bridgehead atoms. The number of halogens is 1. The second-order valence-corrected chi connectivity index (χ2v) is 11.1. The van der Waals surface area contributed by atoms with Gasteiger partial charge in [-0.25, -0.2) is 4.98 Å². The first-order chi connectivity index (χ1) is 7.44. The minimum absolute atomic E-state index is 0.466. The predicted molar refractivity (Wildman–Crippen MR) is 70.6 cm³/mol. The molecule has 1 aromatic rings. The summed E-state index contributed by atoms with van der Waals surface area (Å²) in [6.07, 6.45) is 1.79. The van der Waals surface area contributed by atoms with Crippen LogP contribution in [0.25, 0.3) is 0 Å². The molecule has 5 heteroatoms. The van der Waals surface area contributed by atoms with E-state index in [9.17, 15) is 0 Å². The minimum atomic E-state index is -0.982. The topological polar surface area (TPSA) is 27.1 Å². The van der Waals surface area contributed by atoms with Crippen LogP contribution < -0.4 is 0 Å². The van der Waals surface area contributed by atoms with Gasteiger partial charge in [-0.2, -0.15) is 0 Å². The maximum atomic E-state index is 5.76. The van der Waals surface area contributed by atoms with E-state index in [2.05, 4.69) is 24.6 Å². The zero-order chi connectivity index (χ0) is 12.2. The zero-order valence-corrected chi connectivity index (χ0v) is 12.3. The first-order valence-electron chi connectivity index (χ1n) is 5.58. The molecule has 0 saturated heterocycles. The Labute approximate surface area is 104 Å². The fraction of sp³-hybridized carbons (Fsp3) is 0.727. The summed E-state index contributed by atoms with van der Waals surface area (Å²) in [5.74, 6) is 0.466. The molecule has 0 aliphatic rings. The smallest absolute Gasteiger partial charge is 0.123 e. The number of hydrogen-bond donors (Lipinski definition) is 0. The molecule has 16 heavy (non-hydrogen) atoms. The Morgan fingerprint density at radius 2 is 2.12 bits per heavy atom. The van der Waals surface area contributed by atoms with Gasteiger partial charge in [0.2, 0.25) is 0 Å². The molecular weight excluding hydrogens is 240 g/mol. The van der Waals surface area contributed by atoms with Crippen molar-refractivity contribution in [2.45, 2.75) is 45.2 Å². The fourth-order valence-electron chi connectivity index (χ4n) is 1.29. The minimum Gasteiger partial charge on any atom is -0.361 e. The van der Waals surface area contributed by atoms with Gasteiger partial charge in [0, 0.05) is 20.4 Å². The van der Waals surface area contributed by atoms with Crippen molar-refractivity contribution in [3.8, 4) is 0 Å². The molecule has 0 amide bonds. The van der Waals surface area contributed by atoms with E-state index in [4.69, 9.17) is 16.3 Å². The standard InChI is InChI=1S/C11H21ClN2OSi/c1-10-11(7-12)13-8-14(10)9-15-5-6-16(2,3)4/h8H,5-7,9H2,1-4H3. The van der Waals surface area contributed by atoms with Crippen LogP contribution in [0.3, 0.4) is 0 Å². The van der Waals surface area contributed by atoms with Crippen LogP contribution in [-0.2, 0) is 17.3 Å². The monoisotopic (exact) mass is 260 g/mol. The lowest BCUT2D eigenvalue weighted by Gasteiger charge is -2.15. The molecule has 0 atom stereocenters. The van der Waals surface area contributed by atoms with Gasteiger partial charge in [0.25, 0.3) is 0 Å². The summed E-state index contributed by atoms with van der Waals surface area (Å²) >= 11 is 5.76. The van der Waals surface area contributed by atoms with Gasteiger partial charge in [-0.05, 0) is 13.0 Å². The maximum Gasteiger partial charge on any atom is 0.123 e. The van der Waals surface area contributed by atoms with Gasteiger partial charge in [0.05, 0.1) is 17.9 Å². The molecule has 0 aliphatic heterocycles. The largest absolute Gasteiger partial charge is 0.361 e. The molecule has 0 fully saturated rings. The Morgan fingerprint density at radius 3 is 2.62 bits per heavy atom. The van der Waals surface area contributed by atoms with E-state index < -0.39 is 8.07 Å². The summed E-state index contributed by atoms with van der Waals surface area (Å²) in [5, 5.41) is 0. The van der Waals surface area contributed by atoms with Crippen LogP contribution in [0.1, 0.15) is 11.4 Å². The molecule has 3 nitrogen and oxygen atoms in total. The van der Waals surface area contributed by atoms with Crippen molar-refractivity contribution in [1.29, 1.82) is 0 Å². The summed E-state index contributed by atoms with van der Waals surface area (Å²) in [6.45, 7) is 10.5. The lowest BCUT2D eigenvalue weighted by Crippen LogP contribution is -2.22. The molecule has 1 rings (SSSR count). The lowest BCUT2D eigenvalue weighted by molar-refractivity contribution is 0.0858. The summed E-state index contributed by atoms with van der Waals surface area (Å²) in [5.41, 5.74) is 2.04. The van der Waals surface area contributed by atoms with Crippen LogP contribution in [0.15, 0.2) is 6.33 Å². The van der Waals surface area contributed by atoms with E-state index in [1.165, 1.54) is 6.04 Å². The Bertz CT molecular complexity index is 333. The number of ether oxygens (including phenoxy) is 1. The second-order valence-electron chi connectivity index (χ2n) is 5.23. The van der Waals surface area contributed by atoms with E-state index in [-0.39, 0.29) is 0 Å². The third-order valence-electron chi connectivity index (χ3n) is 2.55. The summed E-state index contributed by atoms with van der Waals surface area (Å²) in [7, 11) is -0.982. The van der Waals surface area contributed by atoms with E-state index >= 15 is 0 Å². The molecule has 0 unspecified atom stereocenters. The van der Waals surface area contributed by atoms with Crippen molar-refractivity contribution in [2.24, 2.45) is 0 Å². The van der Waals surface area contributed by atoms with Gasteiger partial charge in [0.1, 0.15) is 6.73 Å². The van der Waals surface area contributed by atoms with Crippen molar-refractivity contribution >= 4 is 19.7 Å². The summed E-state index contributed by atoms with van der Waals surface area (Å²) in [6, 6.07) is 1.20. The Hall–Kier alpha value is -0.323. The van der Waals surface area contributed by atoms with Crippen molar-refractivity contribution in [3.63, 3.8) is 0 Å². The summed E-state index contributed by atoms with van der Waals surface area (Å²) in [4.78, 5) is 4.22. The average Bonchev–Trinajstić information content (AvgIpc) is 2.53. The molecule has 0 N–H and O–H groups in total. The highest BCUT2D eigenvalue weighted by Gasteiger charge is 2.12. The van der Waals surface area contributed by atoms with Crippen molar-refractivity contribution in [2.75, 3.05) is 6.61 Å². The van der Waals surface area contributed by atoms with Crippen LogP contribution >= 0.6 is 11.6 Å². The van der Waals surface area contributed by atoms with Crippen molar-refractivity contribution < 1.29 is 4.74 Å². The van der Waals surface area contributed by atoms with Gasteiger partial charge in [0.15, 0.2) is 0 Å². The SMILES string of the molecule is Cc1c(CCl)ncn1COCC[Si](C)(C)C. The highest BCUT2D eigenvalue weighted by atomic mass is 35.5. The highest BCUT2D eigenvalue weighted by molar-refractivity contribution is 6.76. The molecule has 1 heterocycles. The molecular formula is C11H21ClN2OSi. The average molecular weight is 261 g/mol. The highest BCUT2D eigenvalue weighted by Crippen LogP contribution is 2.10. The van der Waals surface area contributed by atoms with E-state index in [0.717, 1.165) is 18.0 Å². The number of nitrogens with zero attached hydrogens (tertiary/aromatic N) is 2. The molecule has 0 spiro atoms. The number of hydrogen-bond acceptors (Lipinski definition) is 2. The van der Waals surface area contributed by atoms with E-state index in [1.807, 2.05) is 11.5 Å². The molecule has 0 aromatic carbocycles.